The molecule has 0 spiro atoms. The molecule has 2 heteroatoms. The summed E-state index contributed by atoms with van der Waals surface area (Å²) in [4.78, 5) is 0. The lowest BCUT2D eigenvalue weighted by Crippen LogP contribution is -2.20. The zero-order valence-electron chi connectivity index (χ0n) is 10.4. The Bertz CT molecular complexity index is 382. The third kappa shape index (κ3) is 2.07. The minimum absolute atomic E-state index is 0.168. The molecule has 0 saturated heterocycles. The van der Waals surface area contributed by atoms with Gasteiger partial charge in [-0.1, -0.05) is 19.1 Å². The molecule has 0 radical (unpaired) electrons. The average Bonchev–Trinajstić information content (AvgIpc) is 3.00. The Kier molecular flexibility index (Phi) is 2.94. The van der Waals surface area contributed by atoms with E-state index in [4.69, 9.17) is 10.5 Å². The van der Waals surface area contributed by atoms with Gasteiger partial charge in [0.15, 0.2) is 0 Å². The Labute approximate surface area is 97.8 Å². The number of aryl methyl sites for hydroxylation is 1. The molecule has 1 aromatic rings. The highest BCUT2D eigenvalue weighted by atomic mass is 16.5. The topological polar surface area (TPSA) is 35.2 Å². The molecule has 2 nitrogen and oxygen atoms in total. The molecular weight excluding hydrogens is 198 g/mol. The van der Waals surface area contributed by atoms with E-state index in [9.17, 15) is 0 Å². The molecule has 1 atom stereocenters. The number of hydrogen-bond donors (Lipinski definition) is 1. The Morgan fingerprint density at radius 1 is 1.44 bits per heavy atom. The van der Waals surface area contributed by atoms with Crippen molar-refractivity contribution in [2.24, 2.45) is 11.1 Å². The second kappa shape index (κ2) is 4.10. The van der Waals surface area contributed by atoms with Crippen molar-refractivity contribution >= 4 is 0 Å². The van der Waals surface area contributed by atoms with Gasteiger partial charge >= 0.3 is 0 Å². The molecule has 16 heavy (non-hydrogen) atoms. The average molecular weight is 219 g/mol. The second-order valence-corrected chi connectivity index (χ2v) is 5.09. The molecule has 88 valence electrons. The van der Waals surface area contributed by atoms with E-state index >= 15 is 0 Å². The fraction of sp³-hybridized carbons (Fsp3) is 0.571. The number of nitrogens with two attached hydrogens (primary N) is 1. The number of benzene rings is 1. The quantitative estimate of drug-likeness (QED) is 0.844. The van der Waals surface area contributed by atoms with E-state index in [0.29, 0.717) is 12.0 Å². The molecule has 0 heterocycles. The van der Waals surface area contributed by atoms with Crippen molar-refractivity contribution in [3.63, 3.8) is 0 Å². The molecule has 1 saturated carbocycles. The first-order valence-corrected chi connectivity index (χ1v) is 6.06. The van der Waals surface area contributed by atoms with Gasteiger partial charge in [-0.25, -0.2) is 0 Å². The smallest absolute Gasteiger partial charge is 0.122 e. The fourth-order valence-electron chi connectivity index (χ4n) is 2.09. The van der Waals surface area contributed by atoms with Crippen LogP contribution in [-0.4, -0.2) is 6.61 Å². The molecule has 1 aliphatic rings. The van der Waals surface area contributed by atoms with Crippen molar-refractivity contribution in [1.82, 2.24) is 0 Å². The van der Waals surface area contributed by atoms with Crippen LogP contribution >= 0.6 is 0 Å². The van der Waals surface area contributed by atoms with E-state index in [-0.39, 0.29) is 6.04 Å². The first-order valence-electron chi connectivity index (χ1n) is 6.06. The van der Waals surface area contributed by atoms with Gasteiger partial charge in [-0.2, -0.15) is 0 Å². The van der Waals surface area contributed by atoms with Gasteiger partial charge in [-0.3, -0.25) is 0 Å². The standard InChI is InChI=1S/C14H21NO/c1-4-16-12-6-5-11(9-10(12)2)13(15)14(3)7-8-14/h5-6,9,13H,4,7-8,15H2,1-3H3. The number of rotatable bonds is 4. The molecular formula is C14H21NO. The van der Waals surface area contributed by atoms with Crippen LogP contribution in [0.4, 0.5) is 0 Å². The zero-order chi connectivity index (χ0) is 11.8. The normalized spacial score (nSPS) is 19.2. The summed E-state index contributed by atoms with van der Waals surface area (Å²) >= 11 is 0. The maximum Gasteiger partial charge on any atom is 0.122 e. The summed E-state index contributed by atoms with van der Waals surface area (Å²) in [7, 11) is 0. The lowest BCUT2D eigenvalue weighted by Gasteiger charge is -2.20. The van der Waals surface area contributed by atoms with Gasteiger partial charge in [-0.15, -0.1) is 0 Å². The van der Waals surface area contributed by atoms with Crippen LogP contribution in [0, 0.1) is 12.3 Å². The van der Waals surface area contributed by atoms with E-state index in [1.165, 1.54) is 24.0 Å². The van der Waals surface area contributed by atoms with Crippen LogP contribution in [0.15, 0.2) is 18.2 Å². The second-order valence-electron chi connectivity index (χ2n) is 5.09. The fourth-order valence-corrected chi connectivity index (χ4v) is 2.09. The summed E-state index contributed by atoms with van der Waals surface area (Å²) in [6.07, 6.45) is 2.50. The Morgan fingerprint density at radius 3 is 2.62 bits per heavy atom. The van der Waals surface area contributed by atoms with Crippen LogP contribution in [0.3, 0.4) is 0 Å². The lowest BCUT2D eigenvalue weighted by atomic mass is 9.92. The van der Waals surface area contributed by atoms with Crippen molar-refractivity contribution in [1.29, 1.82) is 0 Å². The minimum atomic E-state index is 0.168. The van der Waals surface area contributed by atoms with Gasteiger partial charge < -0.3 is 10.5 Å². The molecule has 1 aromatic carbocycles. The summed E-state index contributed by atoms with van der Waals surface area (Å²) in [5.74, 6) is 0.972. The summed E-state index contributed by atoms with van der Waals surface area (Å²) < 4.78 is 5.53. The predicted octanol–water partition coefficient (Wildman–Crippen LogP) is 3.19. The Morgan fingerprint density at radius 2 is 2.12 bits per heavy atom. The zero-order valence-corrected chi connectivity index (χ0v) is 10.4. The lowest BCUT2D eigenvalue weighted by molar-refractivity contribution is 0.337. The molecule has 2 rings (SSSR count). The van der Waals surface area contributed by atoms with Gasteiger partial charge in [0.1, 0.15) is 5.75 Å². The summed E-state index contributed by atoms with van der Waals surface area (Å²) in [6, 6.07) is 6.48. The van der Waals surface area contributed by atoms with Crippen molar-refractivity contribution in [3.05, 3.63) is 29.3 Å². The Balaban J connectivity index is 2.20. The largest absolute Gasteiger partial charge is 0.494 e. The molecule has 2 N–H and O–H groups in total. The summed E-state index contributed by atoms with van der Waals surface area (Å²) in [6.45, 7) is 7.06. The number of hydrogen-bond acceptors (Lipinski definition) is 2. The SMILES string of the molecule is CCOc1ccc(C(N)C2(C)CC2)cc1C. The summed E-state index contributed by atoms with van der Waals surface area (Å²) in [5.41, 5.74) is 9.04. The maximum absolute atomic E-state index is 6.29. The van der Waals surface area contributed by atoms with Gasteiger partial charge in [0.2, 0.25) is 0 Å². The molecule has 1 fully saturated rings. The van der Waals surface area contributed by atoms with Crippen molar-refractivity contribution < 1.29 is 4.74 Å². The van der Waals surface area contributed by atoms with Gasteiger partial charge in [0.25, 0.3) is 0 Å². The van der Waals surface area contributed by atoms with Crippen LogP contribution in [0.2, 0.25) is 0 Å². The highest BCUT2D eigenvalue weighted by Crippen LogP contribution is 2.53. The van der Waals surface area contributed by atoms with Crippen molar-refractivity contribution in [2.45, 2.75) is 39.7 Å². The summed E-state index contributed by atoms with van der Waals surface area (Å²) in [5, 5.41) is 0. The maximum atomic E-state index is 6.29. The first-order chi connectivity index (χ1) is 7.57. The van der Waals surface area contributed by atoms with Crippen LogP contribution in [-0.2, 0) is 0 Å². The highest BCUT2D eigenvalue weighted by Gasteiger charge is 2.43. The monoisotopic (exact) mass is 219 g/mol. The van der Waals surface area contributed by atoms with E-state index in [0.717, 1.165) is 5.75 Å². The number of ether oxygens (including phenoxy) is 1. The van der Waals surface area contributed by atoms with E-state index in [2.05, 4.69) is 26.0 Å². The van der Waals surface area contributed by atoms with Gasteiger partial charge in [-0.05, 0) is 49.3 Å². The van der Waals surface area contributed by atoms with E-state index in [1.54, 1.807) is 0 Å². The van der Waals surface area contributed by atoms with Crippen LogP contribution < -0.4 is 10.5 Å². The van der Waals surface area contributed by atoms with Crippen LogP contribution in [0.1, 0.15) is 43.9 Å². The Hall–Kier alpha value is -1.02. The van der Waals surface area contributed by atoms with Gasteiger partial charge in [0.05, 0.1) is 6.61 Å². The third-order valence-electron chi connectivity index (χ3n) is 3.65. The highest BCUT2D eigenvalue weighted by molar-refractivity contribution is 5.38. The third-order valence-corrected chi connectivity index (χ3v) is 3.65. The van der Waals surface area contributed by atoms with E-state index in [1.807, 2.05) is 13.0 Å². The molecule has 1 aliphatic carbocycles. The first kappa shape index (κ1) is 11.5. The van der Waals surface area contributed by atoms with Crippen LogP contribution in [0.5, 0.6) is 5.75 Å². The van der Waals surface area contributed by atoms with Crippen molar-refractivity contribution in [2.75, 3.05) is 6.61 Å². The van der Waals surface area contributed by atoms with Crippen LogP contribution in [0.25, 0.3) is 0 Å². The molecule has 0 bridgehead atoms. The molecule has 0 aliphatic heterocycles. The minimum Gasteiger partial charge on any atom is -0.494 e. The predicted molar refractivity (Wildman–Crippen MR) is 66.6 cm³/mol. The van der Waals surface area contributed by atoms with E-state index < -0.39 is 0 Å². The van der Waals surface area contributed by atoms with Gasteiger partial charge in [0, 0.05) is 6.04 Å². The van der Waals surface area contributed by atoms with Crippen molar-refractivity contribution in [3.8, 4) is 5.75 Å². The molecule has 1 unspecified atom stereocenters. The molecule has 0 amide bonds. The molecule has 0 aromatic heterocycles.